The number of nitro groups is 1. The Balaban J connectivity index is 1.69. The van der Waals surface area contributed by atoms with Crippen LogP contribution in [0, 0.1) is 17.0 Å². The first-order valence-corrected chi connectivity index (χ1v) is 12.6. The Hall–Kier alpha value is -4.50. The van der Waals surface area contributed by atoms with E-state index in [4.69, 9.17) is 4.74 Å². The fraction of sp³-hybridized carbons (Fsp3) is 0.267. The van der Waals surface area contributed by atoms with Crippen molar-refractivity contribution in [3.05, 3.63) is 111 Å². The molecule has 1 aliphatic rings. The van der Waals surface area contributed by atoms with Crippen LogP contribution in [0.2, 0.25) is 0 Å². The van der Waals surface area contributed by atoms with Gasteiger partial charge >= 0.3 is 0 Å². The molecule has 0 aromatic heterocycles. The summed E-state index contributed by atoms with van der Waals surface area (Å²) in [5.74, 6) is -1.17. The maximum absolute atomic E-state index is 13.2. The normalized spacial score (nSPS) is 16.6. The molecule has 1 amide bonds. The molecule has 1 N–H and O–H groups in total. The molecular weight excluding hydrogens is 498 g/mol. The van der Waals surface area contributed by atoms with Crippen molar-refractivity contribution in [2.45, 2.75) is 26.0 Å². The number of nitro benzene ring substituents is 1. The Bertz CT molecular complexity index is 1400. The molecule has 9 heteroatoms. The van der Waals surface area contributed by atoms with Crippen molar-refractivity contribution in [3.8, 4) is 5.75 Å². The molecule has 0 saturated carbocycles. The number of carbonyl (C=O) groups excluding carboxylic acids is 2. The zero-order valence-corrected chi connectivity index (χ0v) is 22.2. The zero-order valence-electron chi connectivity index (χ0n) is 22.2. The van der Waals surface area contributed by atoms with Gasteiger partial charge < -0.3 is 19.6 Å². The summed E-state index contributed by atoms with van der Waals surface area (Å²) >= 11 is 0. The van der Waals surface area contributed by atoms with Crippen LogP contribution in [0.15, 0.2) is 78.4 Å². The van der Waals surface area contributed by atoms with Crippen molar-refractivity contribution >= 4 is 23.1 Å². The predicted molar refractivity (Wildman–Crippen MR) is 147 cm³/mol. The molecule has 1 heterocycles. The van der Waals surface area contributed by atoms with Crippen LogP contribution < -0.4 is 4.74 Å². The van der Waals surface area contributed by atoms with Crippen LogP contribution in [0.5, 0.6) is 5.75 Å². The van der Waals surface area contributed by atoms with Gasteiger partial charge in [-0.1, -0.05) is 30.3 Å². The van der Waals surface area contributed by atoms with E-state index < -0.39 is 22.7 Å². The molecule has 39 heavy (non-hydrogen) atoms. The number of ether oxygens (including phenoxy) is 1. The molecule has 9 nitrogen and oxygen atoms in total. The van der Waals surface area contributed by atoms with E-state index in [1.165, 1.54) is 29.2 Å². The molecule has 1 saturated heterocycles. The van der Waals surface area contributed by atoms with E-state index >= 15 is 0 Å². The average molecular weight is 530 g/mol. The minimum Gasteiger partial charge on any atom is -0.507 e. The van der Waals surface area contributed by atoms with Crippen molar-refractivity contribution in [1.82, 2.24) is 9.80 Å². The van der Waals surface area contributed by atoms with Crippen molar-refractivity contribution in [2.75, 3.05) is 27.2 Å². The molecule has 1 atom stereocenters. The molecule has 4 rings (SSSR count). The standard InChI is InChI=1S/C30H31N3O6/c1-20-18-23(12-15-25(20)39-19-21-8-5-4-6-9-21)28(34)26-27(22-10-13-24(14-11-22)33(37)38)32(30(36)29(26)35)17-7-16-31(2)3/h4-6,8-15,18,27,34H,7,16-17,19H2,1-3H3/b28-26+. The van der Waals surface area contributed by atoms with Gasteiger partial charge in [0.2, 0.25) is 0 Å². The van der Waals surface area contributed by atoms with E-state index in [2.05, 4.69) is 0 Å². The van der Waals surface area contributed by atoms with Gasteiger partial charge in [0.05, 0.1) is 16.5 Å². The number of rotatable bonds is 10. The van der Waals surface area contributed by atoms with Crippen molar-refractivity contribution in [2.24, 2.45) is 0 Å². The van der Waals surface area contributed by atoms with Gasteiger partial charge in [-0.25, -0.2) is 0 Å². The minimum absolute atomic E-state index is 0.0453. The SMILES string of the molecule is Cc1cc(/C(O)=C2\C(=O)C(=O)N(CCCN(C)C)C2c2ccc([N+](=O)[O-])cc2)ccc1OCc1ccccc1. The first-order chi connectivity index (χ1) is 18.7. The second-order valence-electron chi connectivity index (χ2n) is 9.75. The highest BCUT2D eigenvalue weighted by molar-refractivity contribution is 6.46. The van der Waals surface area contributed by atoms with E-state index in [0.717, 1.165) is 11.1 Å². The minimum atomic E-state index is -0.873. The number of aliphatic hydroxyl groups excluding tert-OH is 1. The van der Waals surface area contributed by atoms with Crippen LogP contribution in [-0.4, -0.2) is 58.7 Å². The predicted octanol–water partition coefficient (Wildman–Crippen LogP) is 4.86. The highest BCUT2D eigenvalue weighted by atomic mass is 16.6. The number of aryl methyl sites for hydroxylation is 1. The van der Waals surface area contributed by atoms with Crippen LogP contribution in [0.1, 0.15) is 34.7 Å². The average Bonchev–Trinajstić information content (AvgIpc) is 3.17. The fourth-order valence-corrected chi connectivity index (χ4v) is 4.64. The highest BCUT2D eigenvalue weighted by Gasteiger charge is 2.45. The number of amides is 1. The first kappa shape index (κ1) is 27.5. The third kappa shape index (κ3) is 6.15. The molecule has 1 fully saturated rings. The van der Waals surface area contributed by atoms with Crippen molar-refractivity contribution in [1.29, 1.82) is 0 Å². The molecule has 1 aliphatic heterocycles. The summed E-state index contributed by atoms with van der Waals surface area (Å²) in [5, 5.41) is 22.5. The van der Waals surface area contributed by atoms with Crippen molar-refractivity contribution in [3.63, 3.8) is 0 Å². The summed E-state index contributed by atoms with van der Waals surface area (Å²) in [4.78, 5) is 40.4. The fourth-order valence-electron chi connectivity index (χ4n) is 4.64. The quantitative estimate of drug-likeness (QED) is 0.131. The molecule has 1 unspecified atom stereocenters. The number of non-ortho nitro benzene ring substituents is 1. The lowest BCUT2D eigenvalue weighted by Crippen LogP contribution is -2.32. The van der Waals surface area contributed by atoms with Gasteiger partial charge in [0.15, 0.2) is 0 Å². The second-order valence-corrected chi connectivity index (χ2v) is 9.75. The maximum Gasteiger partial charge on any atom is 0.295 e. The number of Topliss-reactive ketones (excluding diaryl/α,β-unsaturated/α-hetero) is 1. The van der Waals surface area contributed by atoms with Crippen LogP contribution in [0.3, 0.4) is 0 Å². The third-order valence-corrected chi connectivity index (χ3v) is 6.65. The molecular formula is C30H31N3O6. The number of nitrogens with zero attached hydrogens (tertiary/aromatic N) is 3. The molecule has 3 aromatic carbocycles. The number of likely N-dealkylation sites (tertiary alicyclic amines) is 1. The number of carbonyl (C=O) groups is 2. The third-order valence-electron chi connectivity index (χ3n) is 6.65. The summed E-state index contributed by atoms with van der Waals surface area (Å²) < 4.78 is 5.94. The molecule has 0 aliphatic carbocycles. The Labute approximate surface area is 227 Å². The van der Waals surface area contributed by atoms with E-state index in [1.807, 2.05) is 56.3 Å². The number of benzene rings is 3. The van der Waals surface area contributed by atoms with Crippen LogP contribution in [-0.2, 0) is 16.2 Å². The van der Waals surface area contributed by atoms with E-state index in [0.29, 0.717) is 36.4 Å². The number of hydrogen-bond donors (Lipinski definition) is 1. The zero-order chi connectivity index (χ0) is 28.1. The smallest absolute Gasteiger partial charge is 0.295 e. The number of aliphatic hydroxyl groups is 1. The largest absolute Gasteiger partial charge is 0.507 e. The highest BCUT2D eigenvalue weighted by Crippen LogP contribution is 2.40. The second kappa shape index (κ2) is 11.9. The molecule has 3 aromatic rings. The van der Waals surface area contributed by atoms with E-state index in [-0.39, 0.29) is 23.6 Å². The topological polar surface area (TPSA) is 113 Å². The molecule has 0 bridgehead atoms. The van der Waals surface area contributed by atoms with Gasteiger partial charge in [-0.15, -0.1) is 0 Å². The van der Waals surface area contributed by atoms with Gasteiger partial charge in [-0.05, 0) is 81.0 Å². The van der Waals surface area contributed by atoms with Crippen molar-refractivity contribution < 1.29 is 24.4 Å². The number of ketones is 1. The maximum atomic E-state index is 13.2. The van der Waals surface area contributed by atoms with Gasteiger partial charge in [-0.2, -0.15) is 0 Å². The molecule has 0 radical (unpaired) electrons. The lowest BCUT2D eigenvalue weighted by atomic mass is 9.94. The monoisotopic (exact) mass is 529 g/mol. The van der Waals surface area contributed by atoms with E-state index in [1.54, 1.807) is 18.2 Å². The summed E-state index contributed by atoms with van der Waals surface area (Å²) in [5.41, 5.74) is 2.49. The Morgan fingerprint density at radius 1 is 1.05 bits per heavy atom. The van der Waals surface area contributed by atoms with Gasteiger partial charge in [0, 0.05) is 24.2 Å². The van der Waals surface area contributed by atoms with Crippen LogP contribution in [0.25, 0.3) is 5.76 Å². The summed E-state index contributed by atoms with van der Waals surface area (Å²) in [6.07, 6.45) is 0.607. The summed E-state index contributed by atoms with van der Waals surface area (Å²) in [6.45, 7) is 3.20. The number of hydrogen-bond acceptors (Lipinski definition) is 7. The first-order valence-electron chi connectivity index (χ1n) is 12.6. The lowest BCUT2D eigenvalue weighted by molar-refractivity contribution is -0.384. The summed E-state index contributed by atoms with van der Waals surface area (Å²) in [6, 6.07) is 19.6. The molecule has 0 spiro atoms. The van der Waals surface area contributed by atoms with Crippen LogP contribution in [0.4, 0.5) is 5.69 Å². The molecule has 202 valence electrons. The lowest BCUT2D eigenvalue weighted by Gasteiger charge is -2.26. The Kier molecular flexibility index (Phi) is 8.41. The van der Waals surface area contributed by atoms with Gasteiger partial charge in [-0.3, -0.25) is 19.7 Å². The van der Waals surface area contributed by atoms with Gasteiger partial charge in [0.1, 0.15) is 18.1 Å². The Morgan fingerprint density at radius 2 is 1.74 bits per heavy atom. The summed E-state index contributed by atoms with van der Waals surface area (Å²) in [7, 11) is 3.83. The van der Waals surface area contributed by atoms with Gasteiger partial charge in [0.25, 0.3) is 17.4 Å². The van der Waals surface area contributed by atoms with E-state index in [9.17, 15) is 24.8 Å². The van der Waals surface area contributed by atoms with Crippen LogP contribution >= 0.6 is 0 Å². The Morgan fingerprint density at radius 3 is 2.36 bits per heavy atom.